The van der Waals surface area contributed by atoms with Gasteiger partial charge in [0, 0.05) is 31.0 Å². The zero-order valence-electron chi connectivity index (χ0n) is 19.0. The number of rotatable bonds is 9. The number of likely N-dealkylation sites (N-methyl/N-ethyl adjacent to an activating group) is 1. The lowest BCUT2D eigenvalue weighted by atomic mass is 9.88. The van der Waals surface area contributed by atoms with Gasteiger partial charge in [0.15, 0.2) is 11.5 Å². The van der Waals surface area contributed by atoms with Crippen molar-refractivity contribution >= 4 is 5.78 Å². The van der Waals surface area contributed by atoms with Crippen LogP contribution >= 0.6 is 0 Å². The number of allylic oxidation sites excluding steroid dienone is 4. The lowest BCUT2D eigenvalue weighted by molar-refractivity contribution is -0.120. The van der Waals surface area contributed by atoms with Crippen LogP contribution in [-0.2, 0) is 11.2 Å². The molecule has 5 nitrogen and oxygen atoms in total. The van der Waals surface area contributed by atoms with E-state index in [1.54, 1.807) is 7.11 Å². The molecule has 0 fully saturated rings. The van der Waals surface area contributed by atoms with Crippen molar-refractivity contribution in [3.05, 3.63) is 40.5 Å². The van der Waals surface area contributed by atoms with Crippen LogP contribution in [0, 0.1) is 0 Å². The first-order valence-electron chi connectivity index (χ1n) is 10.9. The fraction of sp³-hybridized carbons (Fsp3) is 0.560. The first-order chi connectivity index (χ1) is 14.4. The number of methoxy groups -OCH3 is 1. The highest BCUT2D eigenvalue weighted by atomic mass is 16.7. The molecule has 0 radical (unpaired) electrons. The predicted octanol–water partition coefficient (Wildman–Crippen LogP) is 5.39. The first-order valence-corrected chi connectivity index (χ1v) is 10.9. The van der Waals surface area contributed by atoms with E-state index in [0.717, 1.165) is 49.3 Å². The molecule has 3 rings (SSSR count). The molecule has 2 aliphatic heterocycles. The van der Waals surface area contributed by atoms with Crippen LogP contribution < -0.4 is 14.2 Å². The highest BCUT2D eigenvalue weighted by molar-refractivity contribution is 5.80. The Bertz CT molecular complexity index is 836. The van der Waals surface area contributed by atoms with Crippen molar-refractivity contribution in [3.63, 3.8) is 0 Å². The molecular weight excluding hydrogens is 378 g/mol. The molecule has 2 heterocycles. The second-order valence-electron chi connectivity index (χ2n) is 8.61. The molecule has 0 saturated heterocycles. The van der Waals surface area contributed by atoms with E-state index in [-0.39, 0.29) is 18.6 Å². The summed E-state index contributed by atoms with van der Waals surface area (Å²) in [5.41, 5.74) is 4.99. The molecule has 0 bridgehead atoms. The number of nitrogens with zero attached hydrogens (tertiary/aromatic N) is 1. The molecule has 1 atom stereocenters. The standard InChI is InChI=1S/C25H35NO4/c1-17(2)8-6-9-18(3)10-7-11-20(27)15-21-23-19(12-13-26(21)4)14-22-24(25(23)28-5)30-16-29-22/h8,10,14,21H,6-7,9,11-13,15-16H2,1-5H3/b18-10+/t21-/m1/s1. The molecule has 0 aromatic heterocycles. The summed E-state index contributed by atoms with van der Waals surface area (Å²) in [7, 11) is 3.74. The van der Waals surface area contributed by atoms with Gasteiger partial charge < -0.3 is 14.2 Å². The average molecular weight is 414 g/mol. The fourth-order valence-electron chi connectivity index (χ4n) is 4.27. The molecule has 0 saturated carbocycles. The summed E-state index contributed by atoms with van der Waals surface area (Å²) in [5, 5.41) is 0. The third-order valence-corrected chi connectivity index (χ3v) is 5.98. The summed E-state index contributed by atoms with van der Waals surface area (Å²) >= 11 is 0. The summed E-state index contributed by atoms with van der Waals surface area (Å²) in [5.74, 6) is 2.42. The number of carbonyl (C=O) groups excluding carboxylic acids is 1. The SMILES string of the molecule is COc1c2c(cc3c1[C@@H](CC(=O)CC/C=C(\C)CCC=C(C)C)N(C)CC3)OCO2. The van der Waals surface area contributed by atoms with E-state index in [4.69, 9.17) is 14.2 Å². The smallest absolute Gasteiger partial charge is 0.231 e. The Balaban J connectivity index is 1.66. The minimum atomic E-state index is 0.00782. The number of benzene rings is 1. The number of carbonyl (C=O) groups is 1. The zero-order chi connectivity index (χ0) is 21.7. The monoisotopic (exact) mass is 413 g/mol. The van der Waals surface area contributed by atoms with Crippen molar-refractivity contribution in [2.24, 2.45) is 0 Å². The van der Waals surface area contributed by atoms with Crippen LogP contribution in [0.3, 0.4) is 0 Å². The van der Waals surface area contributed by atoms with Gasteiger partial charge in [-0.15, -0.1) is 0 Å². The highest BCUT2D eigenvalue weighted by Gasteiger charge is 2.34. The number of ketones is 1. The van der Waals surface area contributed by atoms with Crippen LogP contribution in [0.15, 0.2) is 29.4 Å². The third-order valence-electron chi connectivity index (χ3n) is 5.98. The summed E-state index contributed by atoms with van der Waals surface area (Å²) in [6, 6.07) is 2.07. The van der Waals surface area contributed by atoms with Crippen LogP contribution in [-0.4, -0.2) is 38.2 Å². The maximum atomic E-state index is 12.8. The molecule has 0 N–H and O–H groups in total. The normalized spacial score (nSPS) is 18.2. The maximum Gasteiger partial charge on any atom is 0.231 e. The minimum Gasteiger partial charge on any atom is -0.492 e. The molecule has 0 amide bonds. The van der Waals surface area contributed by atoms with E-state index in [0.29, 0.717) is 18.6 Å². The second-order valence-corrected chi connectivity index (χ2v) is 8.61. The van der Waals surface area contributed by atoms with Gasteiger partial charge in [-0.3, -0.25) is 9.69 Å². The van der Waals surface area contributed by atoms with E-state index < -0.39 is 0 Å². The average Bonchev–Trinajstić information content (AvgIpc) is 3.16. The van der Waals surface area contributed by atoms with Gasteiger partial charge in [-0.1, -0.05) is 23.3 Å². The molecule has 2 aliphatic rings. The molecule has 5 heteroatoms. The minimum absolute atomic E-state index is 0.00782. The van der Waals surface area contributed by atoms with Crippen LogP contribution in [0.5, 0.6) is 17.2 Å². The maximum absolute atomic E-state index is 12.8. The Kier molecular flexibility index (Phi) is 7.59. The Morgan fingerprint density at radius 2 is 1.97 bits per heavy atom. The third kappa shape index (κ3) is 5.25. The van der Waals surface area contributed by atoms with Crippen molar-refractivity contribution in [2.75, 3.05) is 27.5 Å². The topological polar surface area (TPSA) is 48.0 Å². The lowest BCUT2D eigenvalue weighted by Gasteiger charge is -2.35. The molecule has 0 spiro atoms. The van der Waals surface area contributed by atoms with E-state index >= 15 is 0 Å². The van der Waals surface area contributed by atoms with E-state index in [9.17, 15) is 4.79 Å². The Morgan fingerprint density at radius 3 is 2.70 bits per heavy atom. The molecule has 1 aromatic carbocycles. The number of ether oxygens (including phenoxy) is 3. The van der Waals surface area contributed by atoms with Crippen molar-refractivity contribution in [1.29, 1.82) is 0 Å². The van der Waals surface area contributed by atoms with Crippen molar-refractivity contribution in [1.82, 2.24) is 4.90 Å². The van der Waals surface area contributed by atoms with Crippen molar-refractivity contribution < 1.29 is 19.0 Å². The molecule has 30 heavy (non-hydrogen) atoms. The summed E-state index contributed by atoms with van der Waals surface area (Å²) in [6.07, 6.45) is 9.39. The molecule has 0 aliphatic carbocycles. The predicted molar refractivity (Wildman–Crippen MR) is 119 cm³/mol. The van der Waals surface area contributed by atoms with Crippen molar-refractivity contribution in [2.45, 2.75) is 65.3 Å². The number of hydrogen-bond donors (Lipinski definition) is 0. The molecule has 1 aromatic rings. The van der Waals surface area contributed by atoms with Crippen LogP contribution in [0.2, 0.25) is 0 Å². The lowest BCUT2D eigenvalue weighted by Crippen LogP contribution is -2.34. The first kappa shape index (κ1) is 22.4. The number of hydrogen-bond acceptors (Lipinski definition) is 5. The Labute approximate surface area is 180 Å². The van der Waals surface area contributed by atoms with Gasteiger partial charge in [0.05, 0.1) is 7.11 Å². The highest BCUT2D eigenvalue weighted by Crippen LogP contribution is 2.50. The quantitative estimate of drug-likeness (QED) is 0.508. The molecular formula is C25H35NO4. The summed E-state index contributed by atoms with van der Waals surface area (Å²) in [6.45, 7) is 7.54. The summed E-state index contributed by atoms with van der Waals surface area (Å²) in [4.78, 5) is 15.1. The van der Waals surface area contributed by atoms with E-state index in [1.807, 2.05) is 0 Å². The number of fused-ring (bicyclic) bond motifs is 2. The van der Waals surface area contributed by atoms with E-state index in [1.165, 1.54) is 16.7 Å². The van der Waals surface area contributed by atoms with Gasteiger partial charge in [0.1, 0.15) is 5.78 Å². The van der Waals surface area contributed by atoms with Gasteiger partial charge >= 0.3 is 0 Å². The largest absolute Gasteiger partial charge is 0.492 e. The Morgan fingerprint density at radius 1 is 1.20 bits per heavy atom. The van der Waals surface area contributed by atoms with Gasteiger partial charge in [0.25, 0.3) is 0 Å². The van der Waals surface area contributed by atoms with E-state index in [2.05, 4.69) is 50.9 Å². The zero-order valence-corrected chi connectivity index (χ0v) is 19.0. The number of Topliss-reactive ketones (excluding diaryl/α,β-unsaturated/α-hetero) is 1. The van der Waals surface area contributed by atoms with Crippen molar-refractivity contribution in [3.8, 4) is 17.2 Å². The fourth-order valence-corrected chi connectivity index (χ4v) is 4.27. The van der Waals surface area contributed by atoms with Crippen LogP contribution in [0.25, 0.3) is 0 Å². The second kappa shape index (κ2) is 10.2. The summed E-state index contributed by atoms with van der Waals surface area (Å²) < 4.78 is 16.9. The molecule has 164 valence electrons. The molecule has 0 unspecified atom stereocenters. The van der Waals surface area contributed by atoms with Gasteiger partial charge in [-0.2, -0.15) is 0 Å². The van der Waals surface area contributed by atoms with Gasteiger partial charge in [-0.25, -0.2) is 0 Å². The van der Waals surface area contributed by atoms with Crippen LogP contribution in [0.1, 0.15) is 70.0 Å². The van der Waals surface area contributed by atoms with Crippen LogP contribution in [0.4, 0.5) is 0 Å². The Hall–Kier alpha value is -2.27. The van der Waals surface area contributed by atoms with Gasteiger partial charge in [-0.05, 0) is 65.1 Å². The van der Waals surface area contributed by atoms with Gasteiger partial charge in [0.2, 0.25) is 12.5 Å².